The highest BCUT2D eigenvalue weighted by Gasteiger charge is 2.41. The molecular weight excluding hydrogens is 443 g/mol. The second-order valence-electron chi connectivity index (χ2n) is 9.94. The number of methoxy groups -OCH3 is 1. The summed E-state index contributed by atoms with van der Waals surface area (Å²) >= 11 is 0. The lowest BCUT2D eigenvalue weighted by atomic mass is 9.81. The summed E-state index contributed by atoms with van der Waals surface area (Å²) in [5.74, 6) is 0.190. The number of esters is 1. The normalized spacial score (nSPS) is 23.0. The van der Waals surface area contributed by atoms with Gasteiger partial charge >= 0.3 is 12.1 Å². The van der Waals surface area contributed by atoms with Crippen molar-refractivity contribution >= 4 is 16.7 Å². The van der Waals surface area contributed by atoms with Crippen molar-refractivity contribution in [1.29, 1.82) is 0 Å². The molecule has 0 radical (unpaired) electrons. The van der Waals surface area contributed by atoms with Crippen LogP contribution in [0.25, 0.3) is 10.8 Å². The Morgan fingerprint density at radius 2 is 1.74 bits per heavy atom. The van der Waals surface area contributed by atoms with E-state index >= 15 is 0 Å². The van der Waals surface area contributed by atoms with Gasteiger partial charge in [0.2, 0.25) is 0 Å². The third-order valence-corrected chi connectivity index (χ3v) is 7.55. The fourth-order valence-corrected chi connectivity index (χ4v) is 5.54. The van der Waals surface area contributed by atoms with Crippen LogP contribution in [0.5, 0.6) is 5.75 Å². The van der Waals surface area contributed by atoms with Crippen LogP contribution in [-0.2, 0) is 22.3 Å². The third-order valence-electron chi connectivity index (χ3n) is 7.55. The highest BCUT2D eigenvalue weighted by molar-refractivity contribution is 5.91. The van der Waals surface area contributed by atoms with Gasteiger partial charge in [0.25, 0.3) is 0 Å². The first-order valence-corrected chi connectivity index (χ1v) is 12.4. The summed E-state index contributed by atoms with van der Waals surface area (Å²) in [4.78, 5) is 12.6. The molecule has 186 valence electrons. The maximum Gasteiger partial charge on any atom is 0.420 e. The highest BCUT2D eigenvalue weighted by atomic mass is 19.4. The SMILES string of the molecule is COC(=O)C1(NCc2cccc3c(C(F)(F)F)c(O[C@H]4CC[C@@H](C)CC4)ccc23)CCCCC1. The summed E-state index contributed by atoms with van der Waals surface area (Å²) in [6.45, 7) is 2.45. The van der Waals surface area contributed by atoms with Crippen LogP contribution in [0.4, 0.5) is 13.2 Å². The second-order valence-corrected chi connectivity index (χ2v) is 9.94. The summed E-state index contributed by atoms with van der Waals surface area (Å²) in [5, 5.41) is 4.00. The maximum absolute atomic E-state index is 14.3. The Balaban J connectivity index is 1.65. The standard InChI is InChI=1S/C27H34F3NO3/c1-18-9-11-20(12-10-18)34-23-14-13-21-19(7-6-8-22(21)24(23)27(28,29)30)17-31-26(25(32)33-2)15-4-3-5-16-26/h6-8,13-14,18,20,31H,3-5,9-12,15-17H2,1-2H3/t18-,20+. The van der Waals surface area contributed by atoms with E-state index in [4.69, 9.17) is 9.47 Å². The zero-order chi connectivity index (χ0) is 24.3. The van der Waals surface area contributed by atoms with Crippen LogP contribution in [0.2, 0.25) is 0 Å². The minimum atomic E-state index is -4.54. The number of hydrogen-bond acceptors (Lipinski definition) is 4. The van der Waals surface area contributed by atoms with Crippen molar-refractivity contribution in [2.45, 2.75) is 89.1 Å². The maximum atomic E-state index is 14.3. The molecule has 7 heteroatoms. The molecule has 2 fully saturated rings. The Bertz CT molecular complexity index is 1010. The van der Waals surface area contributed by atoms with E-state index in [0.717, 1.165) is 50.5 Å². The molecule has 4 rings (SSSR count). The third kappa shape index (κ3) is 5.19. The average molecular weight is 478 g/mol. The van der Waals surface area contributed by atoms with Gasteiger partial charge in [0.05, 0.1) is 13.2 Å². The number of carbonyl (C=O) groups excluding carboxylic acids is 1. The molecule has 34 heavy (non-hydrogen) atoms. The molecule has 0 amide bonds. The molecule has 0 heterocycles. The Kier molecular flexibility index (Phi) is 7.41. The van der Waals surface area contributed by atoms with E-state index in [-0.39, 0.29) is 29.8 Å². The first kappa shape index (κ1) is 24.8. The average Bonchev–Trinajstić information content (AvgIpc) is 2.83. The second kappa shape index (κ2) is 10.1. The van der Waals surface area contributed by atoms with Crippen LogP contribution >= 0.6 is 0 Å². The smallest absolute Gasteiger partial charge is 0.420 e. The van der Waals surface area contributed by atoms with Crippen molar-refractivity contribution in [2.75, 3.05) is 7.11 Å². The molecule has 2 aliphatic carbocycles. The molecular formula is C27H34F3NO3. The Hall–Kier alpha value is -2.28. The molecule has 0 aromatic heterocycles. The van der Waals surface area contributed by atoms with Crippen molar-refractivity contribution in [3.63, 3.8) is 0 Å². The lowest BCUT2D eigenvalue weighted by Crippen LogP contribution is -2.53. The van der Waals surface area contributed by atoms with E-state index in [1.807, 2.05) is 6.07 Å². The van der Waals surface area contributed by atoms with Crippen LogP contribution in [-0.4, -0.2) is 24.7 Å². The van der Waals surface area contributed by atoms with Crippen molar-refractivity contribution in [2.24, 2.45) is 5.92 Å². The molecule has 1 N–H and O–H groups in total. The topological polar surface area (TPSA) is 47.6 Å². The molecule has 0 bridgehead atoms. The number of benzene rings is 2. The van der Waals surface area contributed by atoms with Gasteiger partial charge in [-0.25, -0.2) is 0 Å². The minimum absolute atomic E-state index is 0.0945. The molecule has 2 aromatic rings. The van der Waals surface area contributed by atoms with E-state index in [9.17, 15) is 18.0 Å². The number of rotatable bonds is 6. The minimum Gasteiger partial charge on any atom is -0.490 e. The van der Waals surface area contributed by atoms with Crippen LogP contribution in [0, 0.1) is 5.92 Å². The lowest BCUT2D eigenvalue weighted by Gasteiger charge is -2.35. The molecule has 0 unspecified atom stereocenters. The van der Waals surface area contributed by atoms with Gasteiger partial charge in [-0.15, -0.1) is 0 Å². The summed E-state index contributed by atoms with van der Waals surface area (Å²) in [7, 11) is 1.38. The number of ether oxygens (including phenoxy) is 2. The molecule has 0 saturated heterocycles. The first-order valence-electron chi connectivity index (χ1n) is 12.4. The van der Waals surface area contributed by atoms with Gasteiger partial charge in [-0.2, -0.15) is 13.2 Å². The quantitative estimate of drug-likeness (QED) is 0.466. The fourth-order valence-electron chi connectivity index (χ4n) is 5.54. The van der Waals surface area contributed by atoms with Gasteiger partial charge in [0, 0.05) is 6.54 Å². The van der Waals surface area contributed by atoms with Gasteiger partial charge in [0.1, 0.15) is 16.9 Å². The zero-order valence-corrected chi connectivity index (χ0v) is 20.0. The largest absolute Gasteiger partial charge is 0.490 e. The molecule has 2 saturated carbocycles. The van der Waals surface area contributed by atoms with Crippen molar-refractivity contribution in [1.82, 2.24) is 5.32 Å². The van der Waals surface area contributed by atoms with Gasteiger partial charge in [-0.1, -0.05) is 50.5 Å². The number of hydrogen-bond donors (Lipinski definition) is 1. The zero-order valence-electron chi connectivity index (χ0n) is 20.0. The molecule has 2 aliphatic rings. The Morgan fingerprint density at radius 1 is 1.03 bits per heavy atom. The predicted molar refractivity (Wildman–Crippen MR) is 126 cm³/mol. The van der Waals surface area contributed by atoms with E-state index in [1.54, 1.807) is 12.1 Å². The van der Waals surface area contributed by atoms with Crippen LogP contribution in [0.1, 0.15) is 75.8 Å². The van der Waals surface area contributed by atoms with E-state index < -0.39 is 17.3 Å². The number of halogens is 3. The lowest BCUT2D eigenvalue weighted by molar-refractivity contribution is -0.150. The first-order chi connectivity index (χ1) is 16.2. The van der Waals surface area contributed by atoms with Crippen molar-refractivity contribution in [3.05, 3.63) is 41.5 Å². The fraction of sp³-hybridized carbons (Fsp3) is 0.593. The molecule has 0 spiro atoms. The van der Waals surface area contributed by atoms with Crippen LogP contribution in [0.15, 0.2) is 30.3 Å². The highest BCUT2D eigenvalue weighted by Crippen LogP contribution is 2.43. The van der Waals surface area contributed by atoms with Crippen LogP contribution in [0.3, 0.4) is 0 Å². The van der Waals surface area contributed by atoms with E-state index in [1.165, 1.54) is 19.2 Å². The number of fused-ring (bicyclic) bond motifs is 1. The van der Waals surface area contributed by atoms with Crippen molar-refractivity contribution in [3.8, 4) is 5.75 Å². The van der Waals surface area contributed by atoms with Crippen LogP contribution < -0.4 is 10.1 Å². The molecule has 0 aliphatic heterocycles. The monoisotopic (exact) mass is 477 g/mol. The molecule has 2 aromatic carbocycles. The summed E-state index contributed by atoms with van der Waals surface area (Å²) in [5.41, 5.74) is -0.788. The van der Waals surface area contributed by atoms with Gasteiger partial charge < -0.3 is 9.47 Å². The number of nitrogens with one attached hydrogen (secondary N) is 1. The van der Waals surface area contributed by atoms with Gasteiger partial charge in [-0.3, -0.25) is 10.1 Å². The summed E-state index contributed by atoms with van der Waals surface area (Å²) < 4.78 is 53.8. The molecule has 4 nitrogen and oxygen atoms in total. The molecule has 0 atom stereocenters. The van der Waals surface area contributed by atoms with Gasteiger partial charge in [-0.05, 0) is 66.8 Å². The van der Waals surface area contributed by atoms with Gasteiger partial charge in [0.15, 0.2) is 0 Å². The number of carbonyl (C=O) groups is 1. The van der Waals surface area contributed by atoms with E-state index in [0.29, 0.717) is 24.1 Å². The number of alkyl halides is 3. The van der Waals surface area contributed by atoms with Crippen molar-refractivity contribution < 1.29 is 27.4 Å². The summed E-state index contributed by atoms with van der Waals surface area (Å²) in [6, 6.07) is 8.14. The predicted octanol–water partition coefficient (Wildman–Crippen LogP) is 6.78. The van der Waals surface area contributed by atoms with E-state index in [2.05, 4.69) is 12.2 Å². The Morgan fingerprint density at radius 3 is 2.38 bits per heavy atom. The Labute approximate surface area is 199 Å². The summed E-state index contributed by atoms with van der Waals surface area (Å²) in [6.07, 6.45) is 2.97.